The highest BCUT2D eigenvalue weighted by molar-refractivity contribution is 6.81. The van der Waals surface area contributed by atoms with Crippen LogP contribution in [0.2, 0.25) is 0 Å². The Morgan fingerprint density at radius 2 is 2.42 bits per heavy atom. The maximum absolute atomic E-state index is 10.9. The van der Waals surface area contributed by atoms with Gasteiger partial charge in [0.1, 0.15) is 0 Å². The molecule has 1 fully saturated rings. The van der Waals surface area contributed by atoms with Crippen molar-refractivity contribution in [1.82, 2.24) is 5.43 Å². The number of carbonyl (C=O) groups excluding carboxylic acids is 1. The molecule has 0 aromatic carbocycles. The molecule has 1 aliphatic carbocycles. The summed E-state index contributed by atoms with van der Waals surface area (Å²) in [4.78, 5) is 10.9. The average Bonchev–Trinajstić information content (AvgIpc) is 2.83. The van der Waals surface area contributed by atoms with Crippen molar-refractivity contribution in [2.75, 3.05) is 6.61 Å². The highest BCUT2D eigenvalue weighted by Gasteiger charge is 2.21. The molecule has 0 radical (unpaired) electrons. The normalized spacial score (nSPS) is 17.3. The molecule has 1 aliphatic rings. The summed E-state index contributed by atoms with van der Waals surface area (Å²) in [5, 5.41) is 3.53. The maximum Gasteiger partial charge on any atom is 0.370 e. The van der Waals surface area contributed by atoms with Crippen LogP contribution in [0.25, 0.3) is 0 Å². The van der Waals surface area contributed by atoms with Crippen molar-refractivity contribution < 1.29 is 9.53 Å². The lowest BCUT2D eigenvalue weighted by molar-refractivity contribution is -0.134. The van der Waals surface area contributed by atoms with E-state index < -0.39 is 5.97 Å². The summed E-state index contributed by atoms with van der Waals surface area (Å²) < 4.78 is 4.61. The lowest BCUT2D eigenvalue weighted by Gasteiger charge is -1.99. The van der Waals surface area contributed by atoms with Gasteiger partial charge in [-0.05, 0) is 19.8 Å². The van der Waals surface area contributed by atoms with Crippen molar-refractivity contribution >= 4 is 22.7 Å². The monoisotopic (exact) mass is 190 g/mol. The van der Waals surface area contributed by atoms with Crippen molar-refractivity contribution in [2.45, 2.75) is 25.8 Å². The summed E-state index contributed by atoms with van der Waals surface area (Å²) in [5.74, 6) is -0.577. The second kappa shape index (κ2) is 4.30. The second-order valence-corrected chi connectivity index (χ2v) is 2.88. The van der Waals surface area contributed by atoms with E-state index in [1.165, 1.54) is 0 Å². The van der Waals surface area contributed by atoms with Crippen molar-refractivity contribution in [3.8, 4) is 0 Å². The summed E-state index contributed by atoms with van der Waals surface area (Å²) >= 11 is 5.49. The van der Waals surface area contributed by atoms with Gasteiger partial charge in [-0.1, -0.05) is 11.6 Å². The number of carbonyl (C=O) groups is 1. The minimum atomic E-state index is -0.577. The van der Waals surface area contributed by atoms with Gasteiger partial charge in [0.05, 0.1) is 6.61 Å². The van der Waals surface area contributed by atoms with E-state index in [9.17, 15) is 4.79 Å². The van der Waals surface area contributed by atoms with Crippen LogP contribution in [0.15, 0.2) is 5.10 Å². The first kappa shape index (κ1) is 9.32. The molecule has 1 saturated carbocycles. The fourth-order valence-corrected chi connectivity index (χ4v) is 0.700. The summed E-state index contributed by atoms with van der Waals surface area (Å²) in [6.45, 7) is 2.03. The van der Waals surface area contributed by atoms with Crippen LogP contribution < -0.4 is 5.43 Å². The van der Waals surface area contributed by atoms with Gasteiger partial charge in [-0.15, -0.1) is 0 Å². The molecule has 0 spiro atoms. The van der Waals surface area contributed by atoms with Gasteiger partial charge in [-0.25, -0.2) is 4.79 Å². The first-order valence-electron chi connectivity index (χ1n) is 3.90. The van der Waals surface area contributed by atoms with Crippen LogP contribution in [0, 0.1) is 0 Å². The fourth-order valence-electron chi connectivity index (χ4n) is 0.597. The van der Waals surface area contributed by atoms with Crippen LogP contribution in [0.5, 0.6) is 0 Å². The molecule has 0 unspecified atom stereocenters. The summed E-state index contributed by atoms with van der Waals surface area (Å²) in [7, 11) is 0. The van der Waals surface area contributed by atoms with Crippen molar-refractivity contribution in [3.05, 3.63) is 0 Å². The fraction of sp³-hybridized carbons (Fsp3) is 0.714. The standard InChI is InChI=1S/C7H11ClN2O2/c1-2-12-7(11)6(8)10-9-5-3-4-5/h5,9H,2-4H2,1H3/b10-6-. The molecule has 0 amide bonds. The topological polar surface area (TPSA) is 50.7 Å². The zero-order valence-corrected chi connectivity index (χ0v) is 7.60. The van der Waals surface area contributed by atoms with E-state index in [0.717, 1.165) is 12.8 Å². The van der Waals surface area contributed by atoms with E-state index in [-0.39, 0.29) is 5.17 Å². The summed E-state index contributed by atoms with van der Waals surface area (Å²) in [5.41, 5.74) is 2.75. The van der Waals surface area contributed by atoms with Gasteiger partial charge in [0.2, 0.25) is 5.17 Å². The SMILES string of the molecule is CCOC(=O)/C(Cl)=N/NC1CC1. The number of esters is 1. The third kappa shape index (κ3) is 3.09. The largest absolute Gasteiger partial charge is 0.461 e. The van der Waals surface area contributed by atoms with Crippen LogP contribution in [-0.4, -0.2) is 23.8 Å². The first-order chi connectivity index (χ1) is 5.74. The molecular formula is C7H11ClN2O2. The number of rotatable bonds is 4. The lowest BCUT2D eigenvalue weighted by atomic mass is 10.7. The zero-order chi connectivity index (χ0) is 8.97. The molecule has 12 heavy (non-hydrogen) atoms. The predicted octanol–water partition coefficient (Wildman–Crippen LogP) is 0.854. The third-order valence-corrected chi connectivity index (χ3v) is 1.61. The van der Waals surface area contributed by atoms with E-state index in [1.807, 2.05) is 0 Å². The molecule has 1 rings (SSSR count). The van der Waals surface area contributed by atoms with E-state index in [1.54, 1.807) is 6.92 Å². The number of ether oxygens (including phenoxy) is 1. The number of hydrazone groups is 1. The minimum Gasteiger partial charge on any atom is -0.461 e. The molecule has 0 aliphatic heterocycles. The molecule has 0 bridgehead atoms. The first-order valence-corrected chi connectivity index (χ1v) is 4.27. The van der Waals surface area contributed by atoms with Crippen LogP contribution in [0.1, 0.15) is 19.8 Å². The number of nitrogens with one attached hydrogen (secondary N) is 1. The van der Waals surface area contributed by atoms with Gasteiger partial charge in [0.15, 0.2) is 0 Å². The molecule has 0 saturated heterocycles. The molecule has 1 N–H and O–H groups in total. The van der Waals surface area contributed by atoms with E-state index in [0.29, 0.717) is 12.6 Å². The van der Waals surface area contributed by atoms with Crippen molar-refractivity contribution in [3.63, 3.8) is 0 Å². The Morgan fingerprint density at radius 1 is 1.75 bits per heavy atom. The van der Waals surface area contributed by atoms with E-state index >= 15 is 0 Å². The number of halogens is 1. The van der Waals surface area contributed by atoms with Crippen LogP contribution >= 0.6 is 11.6 Å². The van der Waals surface area contributed by atoms with Crippen molar-refractivity contribution in [1.29, 1.82) is 0 Å². The molecule has 0 heterocycles. The number of hydrogen-bond acceptors (Lipinski definition) is 4. The average molecular weight is 191 g/mol. The molecule has 4 nitrogen and oxygen atoms in total. The Bertz CT molecular complexity index is 202. The quantitative estimate of drug-likeness (QED) is 0.406. The third-order valence-electron chi connectivity index (χ3n) is 1.37. The minimum absolute atomic E-state index is 0.135. The smallest absolute Gasteiger partial charge is 0.370 e. The molecule has 0 aromatic heterocycles. The Balaban J connectivity index is 2.27. The number of hydrogen-bond donors (Lipinski definition) is 1. The molecule has 68 valence electrons. The highest BCUT2D eigenvalue weighted by atomic mass is 35.5. The molecule has 5 heteroatoms. The Morgan fingerprint density at radius 3 is 2.92 bits per heavy atom. The molecular weight excluding hydrogens is 180 g/mol. The predicted molar refractivity (Wildman–Crippen MR) is 46.1 cm³/mol. The number of nitrogens with zero attached hydrogens (tertiary/aromatic N) is 1. The van der Waals surface area contributed by atoms with Crippen LogP contribution in [0.4, 0.5) is 0 Å². The van der Waals surface area contributed by atoms with Crippen LogP contribution in [-0.2, 0) is 9.53 Å². The second-order valence-electron chi connectivity index (χ2n) is 2.53. The maximum atomic E-state index is 10.9. The van der Waals surface area contributed by atoms with Crippen LogP contribution in [0.3, 0.4) is 0 Å². The van der Waals surface area contributed by atoms with Gasteiger partial charge < -0.3 is 10.2 Å². The van der Waals surface area contributed by atoms with E-state index in [4.69, 9.17) is 11.6 Å². The lowest BCUT2D eigenvalue weighted by Crippen LogP contribution is -2.17. The van der Waals surface area contributed by atoms with Crippen molar-refractivity contribution in [2.24, 2.45) is 5.10 Å². The van der Waals surface area contributed by atoms with Gasteiger partial charge in [0, 0.05) is 6.04 Å². The molecule has 0 atom stereocenters. The summed E-state index contributed by atoms with van der Waals surface area (Å²) in [6, 6.07) is 0.396. The zero-order valence-electron chi connectivity index (χ0n) is 6.84. The highest BCUT2D eigenvalue weighted by Crippen LogP contribution is 2.18. The van der Waals surface area contributed by atoms with Gasteiger partial charge >= 0.3 is 5.97 Å². The molecule has 0 aromatic rings. The Kier molecular flexibility index (Phi) is 3.34. The van der Waals surface area contributed by atoms with Gasteiger partial charge in [-0.2, -0.15) is 5.10 Å². The Hall–Kier alpha value is -0.770. The van der Waals surface area contributed by atoms with E-state index in [2.05, 4.69) is 15.3 Å². The summed E-state index contributed by atoms with van der Waals surface area (Å²) in [6.07, 6.45) is 2.19. The Labute approximate surface area is 75.9 Å². The van der Waals surface area contributed by atoms with Gasteiger partial charge in [0.25, 0.3) is 0 Å². The van der Waals surface area contributed by atoms with Gasteiger partial charge in [-0.3, -0.25) is 0 Å².